The third-order valence-electron chi connectivity index (χ3n) is 8.21. The molecular formula is C38H47N5O4S. The molecular weight excluding hydrogens is 623 g/mol. The van der Waals surface area contributed by atoms with Crippen LogP contribution in [0.3, 0.4) is 0 Å². The highest BCUT2D eigenvalue weighted by atomic mass is 32.1. The summed E-state index contributed by atoms with van der Waals surface area (Å²) in [6, 6.07) is 18.2. The number of carbonyl (C=O) groups is 2. The first-order valence-corrected chi connectivity index (χ1v) is 17.5. The van der Waals surface area contributed by atoms with Gasteiger partial charge in [-0.25, -0.2) is 4.85 Å². The molecule has 0 N–H and O–H groups in total. The Bertz CT molecular complexity index is 1590. The van der Waals surface area contributed by atoms with Gasteiger partial charge in [-0.05, 0) is 62.1 Å². The number of carbonyl (C=O) groups excluding carboxylic acids is 2. The first-order valence-electron chi connectivity index (χ1n) is 16.7. The Labute approximate surface area is 289 Å². The van der Waals surface area contributed by atoms with Gasteiger partial charge in [0.25, 0.3) is 0 Å². The zero-order chi connectivity index (χ0) is 34.7. The fraction of sp³-hybridized carbons (Fsp3) is 0.474. The molecule has 48 heavy (non-hydrogen) atoms. The van der Waals surface area contributed by atoms with Gasteiger partial charge in [-0.15, -0.1) is 11.3 Å². The summed E-state index contributed by atoms with van der Waals surface area (Å²) in [7, 11) is 0. The van der Waals surface area contributed by atoms with Crippen LogP contribution in [0.2, 0.25) is 0 Å². The number of hydrogen-bond acceptors (Lipinski definition) is 9. The molecule has 1 heterocycles. The number of aryl methyl sites for hydroxylation is 1. The van der Waals surface area contributed by atoms with E-state index in [1.54, 1.807) is 13.8 Å². The van der Waals surface area contributed by atoms with Gasteiger partial charge in [-0.2, -0.15) is 15.5 Å². The van der Waals surface area contributed by atoms with E-state index < -0.39 is 0 Å². The Hall–Kier alpha value is -4.38. The summed E-state index contributed by atoms with van der Waals surface area (Å²) >= 11 is 1.17. The molecule has 1 atom stereocenters. The number of azo groups is 1. The normalized spacial score (nSPS) is 11.6. The fourth-order valence-electron chi connectivity index (χ4n) is 5.32. The standard InChI is InChI=1S/C38H47N5O4S/c1-6-7-8-9-10-14-17-32(30(4)44)25-36(45)47-23-22-46-21-20-43(27-31-15-12-11-13-16-31)33-18-19-34(28(2)24-33)41-42-38-37(40-5)29(3)35(26-39)48-38/h11-13,15-16,18-19,24,32H,6-10,14,17,20-23,25,27H2,1-4H3. The van der Waals surface area contributed by atoms with Crippen molar-refractivity contribution in [2.24, 2.45) is 16.1 Å². The average Bonchev–Trinajstić information content (AvgIpc) is 3.40. The number of nitriles is 1. The van der Waals surface area contributed by atoms with Gasteiger partial charge in [0.15, 0.2) is 0 Å². The number of benzene rings is 2. The van der Waals surface area contributed by atoms with Crippen LogP contribution in [-0.4, -0.2) is 38.1 Å². The minimum absolute atomic E-state index is 0.0441. The number of anilines is 1. The fourth-order valence-corrected chi connectivity index (χ4v) is 6.18. The van der Waals surface area contributed by atoms with Crippen molar-refractivity contribution in [3.63, 3.8) is 0 Å². The smallest absolute Gasteiger partial charge is 0.306 e. The van der Waals surface area contributed by atoms with Crippen LogP contribution in [0.4, 0.5) is 22.1 Å². The minimum atomic E-state index is -0.353. The molecule has 0 spiro atoms. The molecule has 1 unspecified atom stereocenters. The van der Waals surface area contributed by atoms with E-state index in [0.717, 1.165) is 36.1 Å². The number of esters is 1. The summed E-state index contributed by atoms with van der Waals surface area (Å²) < 4.78 is 11.3. The number of rotatable bonds is 21. The second kappa shape index (κ2) is 20.8. The van der Waals surface area contributed by atoms with E-state index in [9.17, 15) is 14.9 Å². The lowest BCUT2D eigenvalue weighted by Gasteiger charge is -2.25. The maximum Gasteiger partial charge on any atom is 0.306 e. The van der Waals surface area contributed by atoms with Gasteiger partial charge in [0.05, 0.1) is 36.8 Å². The Morgan fingerprint density at radius 1 is 1.02 bits per heavy atom. The molecule has 9 nitrogen and oxygen atoms in total. The Morgan fingerprint density at radius 2 is 1.77 bits per heavy atom. The molecule has 0 radical (unpaired) electrons. The number of nitrogens with zero attached hydrogens (tertiary/aromatic N) is 5. The number of ketones is 1. The Balaban J connectivity index is 1.53. The lowest BCUT2D eigenvalue weighted by atomic mass is 9.94. The van der Waals surface area contributed by atoms with Crippen molar-refractivity contribution in [2.45, 2.75) is 85.6 Å². The number of thiophene rings is 1. The lowest BCUT2D eigenvalue weighted by Crippen LogP contribution is -2.27. The van der Waals surface area contributed by atoms with Crippen LogP contribution >= 0.6 is 11.3 Å². The Kier molecular flexibility index (Phi) is 16.5. The number of hydrogen-bond donors (Lipinski definition) is 0. The predicted molar refractivity (Wildman–Crippen MR) is 191 cm³/mol. The molecule has 0 aliphatic heterocycles. The number of unbranched alkanes of at least 4 members (excludes halogenated alkanes) is 5. The van der Waals surface area contributed by atoms with Crippen LogP contribution < -0.4 is 4.90 Å². The zero-order valence-corrected chi connectivity index (χ0v) is 29.5. The van der Waals surface area contributed by atoms with E-state index in [1.165, 1.54) is 37.0 Å². The quantitative estimate of drug-likeness (QED) is 0.0483. The molecule has 254 valence electrons. The van der Waals surface area contributed by atoms with Crippen molar-refractivity contribution < 1.29 is 19.1 Å². The van der Waals surface area contributed by atoms with Crippen molar-refractivity contribution in [2.75, 3.05) is 31.3 Å². The minimum Gasteiger partial charge on any atom is -0.463 e. The van der Waals surface area contributed by atoms with E-state index in [1.807, 2.05) is 43.3 Å². The second-order valence-electron chi connectivity index (χ2n) is 11.9. The van der Waals surface area contributed by atoms with Gasteiger partial charge in [0.1, 0.15) is 23.5 Å². The van der Waals surface area contributed by atoms with Crippen molar-refractivity contribution in [1.29, 1.82) is 5.26 Å². The first kappa shape index (κ1) is 38.1. The molecule has 3 rings (SSSR count). The van der Waals surface area contributed by atoms with Gasteiger partial charge < -0.3 is 14.4 Å². The van der Waals surface area contributed by atoms with Crippen molar-refractivity contribution in [3.05, 3.63) is 81.5 Å². The Morgan fingerprint density at radius 3 is 2.46 bits per heavy atom. The number of ether oxygens (including phenoxy) is 2. The monoisotopic (exact) mass is 669 g/mol. The predicted octanol–water partition coefficient (Wildman–Crippen LogP) is 10.1. The van der Waals surface area contributed by atoms with Gasteiger partial charge in [-0.1, -0.05) is 75.8 Å². The molecule has 0 saturated heterocycles. The summed E-state index contributed by atoms with van der Waals surface area (Å²) in [6.07, 6.45) is 7.75. The first-order chi connectivity index (χ1) is 23.3. The van der Waals surface area contributed by atoms with Crippen LogP contribution in [0.5, 0.6) is 0 Å². The highest BCUT2D eigenvalue weighted by Crippen LogP contribution is 2.42. The molecule has 0 amide bonds. The molecule has 0 aliphatic carbocycles. The average molecular weight is 670 g/mol. The SMILES string of the molecule is [C-]#[N+]c1c(N=Nc2ccc(N(CCOCCOC(=O)CC(CCCCCCCC)C(C)=O)Cc3ccccc3)cc2C)sc(C#N)c1C. The third kappa shape index (κ3) is 12.3. The number of Topliss-reactive ketones (excluding diaryl/α,β-unsaturated/α-hetero) is 1. The van der Waals surface area contributed by atoms with Crippen LogP contribution in [0, 0.1) is 37.7 Å². The van der Waals surface area contributed by atoms with Crippen LogP contribution in [0.15, 0.2) is 58.8 Å². The topological polar surface area (TPSA) is 109 Å². The molecule has 3 aromatic rings. The van der Waals surface area contributed by atoms with E-state index in [-0.39, 0.29) is 37.3 Å². The van der Waals surface area contributed by atoms with Crippen LogP contribution in [-0.2, 0) is 25.6 Å². The summed E-state index contributed by atoms with van der Waals surface area (Å²) in [4.78, 5) is 30.7. The highest BCUT2D eigenvalue weighted by molar-refractivity contribution is 7.17. The molecule has 10 heteroatoms. The van der Waals surface area contributed by atoms with E-state index in [0.29, 0.717) is 46.5 Å². The van der Waals surface area contributed by atoms with Gasteiger partial charge in [-0.3, -0.25) is 9.59 Å². The zero-order valence-electron chi connectivity index (χ0n) is 28.7. The molecule has 1 aromatic heterocycles. The van der Waals surface area contributed by atoms with Gasteiger partial charge >= 0.3 is 5.97 Å². The van der Waals surface area contributed by atoms with E-state index >= 15 is 0 Å². The van der Waals surface area contributed by atoms with E-state index in [4.69, 9.17) is 16.0 Å². The lowest BCUT2D eigenvalue weighted by molar-refractivity contribution is -0.148. The highest BCUT2D eigenvalue weighted by Gasteiger charge is 2.19. The van der Waals surface area contributed by atoms with Crippen molar-refractivity contribution >= 4 is 45.2 Å². The van der Waals surface area contributed by atoms with Crippen LogP contribution in [0.1, 0.15) is 86.8 Å². The van der Waals surface area contributed by atoms with Gasteiger partial charge in [0.2, 0.25) is 5.69 Å². The molecule has 0 bridgehead atoms. The summed E-state index contributed by atoms with van der Waals surface area (Å²) in [6.45, 7) is 17.1. The van der Waals surface area contributed by atoms with Crippen molar-refractivity contribution in [1.82, 2.24) is 0 Å². The van der Waals surface area contributed by atoms with Crippen LogP contribution in [0.25, 0.3) is 4.85 Å². The molecule has 0 saturated carbocycles. The maximum atomic E-state index is 12.4. The molecule has 0 aliphatic rings. The molecule has 2 aromatic carbocycles. The summed E-state index contributed by atoms with van der Waals surface area (Å²) in [5.74, 6) is -0.587. The second-order valence-corrected chi connectivity index (χ2v) is 12.9. The van der Waals surface area contributed by atoms with E-state index in [2.05, 4.69) is 45.1 Å². The third-order valence-corrected chi connectivity index (χ3v) is 9.28. The molecule has 0 fully saturated rings. The van der Waals surface area contributed by atoms with Gasteiger partial charge in [0, 0.05) is 24.7 Å². The maximum absolute atomic E-state index is 12.4. The summed E-state index contributed by atoms with van der Waals surface area (Å²) in [5.41, 5.74) is 4.74. The largest absolute Gasteiger partial charge is 0.463 e. The van der Waals surface area contributed by atoms with Crippen molar-refractivity contribution in [3.8, 4) is 6.07 Å². The summed E-state index contributed by atoms with van der Waals surface area (Å²) in [5, 5.41) is 18.5.